The maximum Gasteiger partial charge on any atom is 0.0456 e. The Morgan fingerprint density at radius 1 is 0.737 bits per heavy atom. The summed E-state index contributed by atoms with van der Waals surface area (Å²) in [7, 11) is 0. The van der Waals surface area contributed by atoms with Crippen molar-refractivity contribution in [1.82, 2.24) is 4.98 Å². The maximum atomic E-state index is 3.19. The Hall–Kier alpha value is -2.02. The minimum atomic E-state index is 1.22. The second kappa shape index (κ2) is 8.15. The lowest BCUT2D eigenvalue weighted by atomic mass is 10.2. The molecule has 3 aromatic rings. The standard InChI is InChI=1S/C9H9N.C7H8.C2H6/c1-7-6-10-9-5-3-2-4-8(7)9;1-7-5-3-2-4-6-7;1-2/h2-6,10H,1H3;2-6H,1H3;1-2H3. The Labute approximate surface area is 116 Å². The van der Waals surface area contributed by atoms with E-state index in [1.807, 2.05) is 44.3 Å². The first-order valence-electron chi connectivity index (χ1n) is 6.82. The summed E-state index contributed by atoms with van der Waals surface area (Å²) in [4.78, 5) is 3.19. The first-order chi connectivity index (χ1) is 9.27. The number of nitrogens with one attached hydrogen (secondary N) is 1. The van der Waals surface area contributed by atoms with Gasteiger partial charge in [-0.25, -0.2) is 0 Å². The lowest BCUT2D eigenvalue weighted by molar-refractivity contribution is 1.43. The summed E-state index contributed by atoms with van der Waals surface area (Å²) in [6.45, 7) is 8.19. The Balaban J connectivity index is 0.000000177. The Bertz CT molecular complexity index is 579. The Morgan fingerprint density at radius 2 is 1.32 bits per heavy atom. The monoisotopic (exact) mass is 253 g/mol. The molecule has 0 fully saturated rings. The number of hydrogen-bond acceptors (Lipinski definition) is 0. The van der Waals surface area contributed by atoms with Gasteiger partial charge in [0.05, 0.1) is 0 Å². The molecule has 0 aliphatic heterocycles. The predicted octanol–water partition coefficient (Wildman–Crippen LogP) is 5.50. The van der Waals surface area contributed by atoms with Crippen LogP contribution in [0.5, 0.6) is 0 Å². The predicted molar refractivity (Wildman–Crippen MR) is 85.6 cm³/mol. The summed E-state index contributed by atoms with van der Waals surface area (Å²) in [6, 6.07) is 18.6. The molecule has 0 saturated heterocycles. The van der Waals surface area contributed by atoms with Crippen LogP contribution in [0.2, 0.25) is 0 Å². The zero-order valence-electron chi connectivity index (χ0n) is 12.3. The second-order valence-corrected chi connectivity index (χ2v) is 4.17. The number of aromatic amines is 1. The van der Waals surface area contributed by atoms with Crippen molar-refractivity contribution in [2.75, 3.05) is 0 Å². The molecule has 1 heteroatoms. The molecule has 0 amide bonds. The van der Waals surface area contributed by atoms with Gasteiger partial charge in [-0.3, -0.25) is 0 Å². The van der Waals surface area contributed by atoms with Gasteiger partial charge in [-0.05, 0) is 25.5 Å². The van der Waals surface area contributed by atoms with Gasteiger partial charge in [0.2, 0.25) is 0 Å². The first kappa shape index (κ1) is 15.0. The number of benzene rings is 2. The Kier molecular flexibility index (Phi) is 6.45. The van der Waals surface area contributed by atoms with E-state index in [2.05, 4.69) is 49.2 Å². The molecule has 0 saturated carbocycles. The van der Waals surface area contributed by atoms with Crippen molar-refractivity contribution in [2.45, 2.75) is 27.7 Å². The van der Waals surface area contributed by atoms with Crippen LogP contribution in [0.25, 0.3) is 10.9 Å². The van der Waals surface area contributed by atoms with Crippen molar-refractivity contribution in [1.29, 1.82) is 0 Å². The number of aryl methyl sites for hydroxylation is 2. The average molecular weight is 253 g/mol. The van der Waals surface area contributed by atoms with Crippen LogP contribution in [-0.2, 0) is 0 Å². The van der Waals surface area contributed by atoms with Crippen molar-refractivity contribution in [3.05, 3.63) is 71.9 Å². The van der Waals surface area contributed by atoms with E-state index in [0.29, 0.717) is 0 Å². The van der Waals surface area contributed by atoms with Crippen LogP contribution >= 0.6 is 0 Å². The van der Waals surface area contributed by atoms with Gasteiger partial charge in [0, 0.05) is 17.1 Å². The maximum absolute atomic E-state index is 3.19. The highest BCUT2D eigenvalue weighted by Crippen LogP contribution is 2.15. The molecule has 2 aromatic carbocycles. The molecule has 1 nitrogen and oxygen atoms in total. The van der Waals surface area contributed by atoms with Crippen molar-refractivity contribution in [2.24, 2.45) is 0 Å². The smallest absolute Gasteiger partial charge is 0.0456 e. The molecule has 1 heterocycles. The van der Waals surface area contributed by atoms with E-state index in [1.54, 1.807) is 0 Å². The highest BCUT2D eigenvalue weighted by Gasteiger charge is 1.94. The number of H-pyrrole nitrogens is 1. The molecular formula is C18H23N. The van der Waals surface area contributed by atoms with E-state index < -0.39 is 0 Å². The molecule has 19 heavy (non-hydrogen) atoms. The van der Waals surface area contributed by atoms with E-state index in [9.17, 15) is 0 Å². The van der Waals surface area contributed by atoms with E-state index in [4.69, 9.17) is 0 Å². The molecule has 0 unspecified atom stereocenters. The summed E-state index contributed by atoms with van der Waals surface area (Å²) in [5, 5.41) is 1.32. The molecule has 0 radical (unpaired) electrons. The fourth-order valence-electron chi connectivity index (χ4n) is 1.75. The largest absolute Gasteiger partial charge is 0.361 e. The van der Waals surface area contributed by atoms with Gasteiger partial charge >= 0.3 is 0 Å². The molecule has 0 bridgehead atoms. The van der Waals surface area contributed by atoms with Crippen LogP contribution < -0.4 is 0 Å². The highest BCUT2D eigenvalue weighted by atomic mass is 14.7. The molecule has 0 atom stereocenters. The fourth-order valence-corrected chi connectivity index (χ4v) is 1.75. The zero-order chi connectivity index (χ0) is 14.1. The van der Waals surface area contributed by atoms with Crippen LogP contribution in [0.4, 0.5) is 0 Å². The van der Waals surface area contributed by atoms with Crippen molar-refractivity contribution in [3.8, 4) is 0 Å². The molecular weight excluding hydrogens is 230 g/mol. The van der Waals surface area contributed by atoms with Gasteiger partial charge in [0.15, 0.2) is 0 Å². The highest BCUT2D eigenvalue weighted by molar-refractivity contribution is 5.82. The molecule has 0 spiro atoms. The number of para-hydroxylation sites is 1. The molecule has 1 aromatic heterocycles. The molecule has 3 rings (SSSR count). The van der Waals surface area contributed by atoms with Crippen LogP contribution in [0.1, 0.15) is 25.0 Å². The van der Waals surface area contributed by atoms with Crippen LogP contribution in [0, 0.1) is 13.8 Å². The summed E-state index contributed by atoms with van der Waals surface area (Å²) in [5.41, 5.74) is 3.86. The minimum Gasteiger partial charge on any atom is -0.361 e. The number of hydrogen-bond donors (Lipinski definition) is 1. The lowest BCUT2D eigenvalue weighted by Gasteiger charge is -1.86. The van der Waals surface area contributed by atoms with Crippen molar-refractivity contribution in [3.63, 3.8) is 0 Å². The number of aromatic nitrogens is 1. The van der Waals surface area contributed by atoms with Gasteiger partial charge in [-0.15, -0.1) is 0 Å². The molecule has 1 N–H and O–H groups in total. The molecule has 100 valence electrons. The third-order valence-corrected chi connectivity index (χ3v) is 2.74. The molecule has 0 aliphatic carbocycles. The van der Waals surface area contributed by atoms with E-state index in [1.165, 1.54) is 22.0 Å². The van der Waals surface area contributed by atoms with E-state index in [0.717, 1.165) is 0 Å². The van der Waals surface area contributed by atoms with Gasteiger partial charge in [0.25, 0.3) is 0 Å². The third-order valence-electron chi connectivity index (χ3n) is 2.74. The fraction of sp³-hybridized carbons (Fsp3) is 0.222. The third kappa shape index (κ3) is 4.63. The van der Waals surface area contributed by atoms with Gasteiger partial charge in [-0.1, -0.05) is 67.9 Å². The second-order valence-electron chi connectivity index (χ2n) is 4.17. The summed E-state index contributed by atoms with van der Waals surface area (Å²) >= 11 is 0. The minimum absolute atomic E-state index is 1.22. The van der Waals surface area contributed by atoms with Crippen LogP contribution in [0.15, 0.2) is 60.8 Å². The van der Waals surface area contributed by atoms with Crippen LogP contribution in [0.3, 0.4) is 0 Å². The SMILES string of the molecule is CC.Cc1c[nH]c2ccccc12.Cc1ccccc1. The first-order valence-corrected chi connectivity index (χ1v) is 6.82. The summed E-state index contributed by atoms with van der Waals surface area (Å²) in [6.07, 6.45) is 2.03. The summed E-state index contributed by atoms with van der Waals surface area (Å²) in [5.74, 6) is 0. The topological polar surface area (TPSA) is 15.8 Å². The number of fused-ring (bicyclic) bond motifs is 1. The van der Waals surface area contributed by atoms with Crippen molar-refractivity contribution >= 4 is 10.9 Å². The quantitative estimate of drug-likeness (QED) is 0.544. The Morgan fingerprint density at radius 3 is 1.84 bits per heavy atom. The lowest BCUT2D eigenvalue weighted by Crippen LogP contribution is -1.64. The average Bonchev–Trinajstić information content (AvgIpc) is 2.85. The molecule has 0 aliphatic rings. The van der Waals surface area contributed by atoms with E-state index >= 15 is 0 Å². The van der Waals surface area contributed by atoms with E-state index in [-0.39, 0.29) is 0 Å². The summed E-state index contributed by atoms with van der Waals surface area (Å²) < 4.78 is 0. The van der Waals surface area contributed by atoms with Gasteiger partial charge in [-0.2, -0.15) is 0 Å². The van der Waals surface area contributed by atoms with Crippen molar-refractivity contribution < 1.29 is 0 Å². The normalized spacial score (nSPS) is 9.05. The number of rotatable bonds is 0. The zero-order valence-corrected chi connectivity index (χ0v) is 12.3. The van der Waals surface area contributed by atoms with Crippen LogP contribution in [-0.4, -0.2) is 4.98 Å². The van der Waals surface area contributed by atoms with Gasteiger partial charge in [0.1, 0.15) is 0 Å². The van der Waals surface area contributed by atoms with Gasteiger partial charge < -0.3 is 4.98 Å².